The molecule has 0 aliphatic rings. The number of ether oxygens (including phenoxy) is 2. The number of aromatic nitrogens is 1. The van der Waals surface area contributed by atoms with Crippen molar-refractivity contribution in [3.8, 4) is 11.5 Å². The van der Waals surface area contributed by atoms with Crippen molar-refractivity contribution in [2.75, 3.05) is 19.0 Å². The molecule has 0 saturated heterocycles. The molecule has 0 saturated carbocycles. The molecule has 0 aliphatic carbocycles. The number of amides is 1. The van der Waals surface area contributed by atoms with Crippen molar-refractivity contribution in [3.63, 3.8) is 0 Å². The summed E-state index contributed by atoms with van der Waals surface area (Å²) < 4.78 is 10.9. The number of methoxy groups -OCH3 is 1. The Hall–Kier alpha value is -2.56. The molecular formula is C17H20N2O3. The largest absolute Gasteiger partial charge is 0.493 e. The zero-order valence-corrected chi connectivity index (χ0v) is 13.1. The average molecular weight is 300 g/mol. The van der Waals surface area contributed by atoms with Crippen molar-refractivity contribution in [3.05, 3.63) is 47.7 Å². The van der Waals surface area contributed by atoms with Gasteiger partial charge in [-0.3, -0.25) is 4.79 Å². The molecule has 1 aromatic heterocycles. The Balaban J connectivity index is 2.18. The number of nitrogens with one attached hydrogen (secondary N) is 1. The first-order valence-electron chi connectivity index (χ1n) is 7.19. The first-order valence-corrected chi connectivity index (χ1v) is 7.19. The number of hydrogen-bond acceptors (Lipinski definition) is 4. The second-order valence-electron chi connectivity index (χ2n) is 4.84. The lowest BCUT2D eigenvalue weighted by Gasteiger charge is -2.12. The lowest BCUT2D eigenvalue weighted by atomic mass is 10.2. The normalized spacial score (nSPS) is 10.1. The first-order chi connectivity index (χ1) is 10.7. The standard InChI is InChI=1S/C17H20N2O3/c1-4-10-22-14-8-7-13(11-15(14)21-3)17(20)19-16-12(2)6-5-9-18-16/h5-9,11H,4,10H2,1-3H3,(H,18,19,20). The fourth-order valence-electron chi connectivity index (χ4n) is 1.94. The average Bonchev–Trinajstić information content (AvgIpc) is 2.54. The fraction of sp³-hybridized carbons (Fsp3) is 0.294. The Morgan fingerprint density at radius 3 is 2.77 bits per heavy atom. The lowest BCUT2D eigenvalue weighted by Crippen LogP contribution is -2.14. The number of anilines is 1. The van der Waals surface area contributed by atoms with Crippen molar-refractivity contribution >= 4 is 11.7 Å². The zero-order chi connectivity index (χ0) is 15.9. The van der Waals surface area contributed by atoms with Crippen molar-refractivity contribution in [2.24, 2.45) is 0 Å². The number of hydrogen-bond donors (Lipinski definition) is 1. The minimum Gasteiger partial charge on any atom is -0.493 e. The Bertz CT molecular complexity index is 656. The molecule has 1 N–H and O–H groups in total. The van der Waals surface area contributed by atoms with E-state index < -0.39 is 0 Å². The van der Waals surface area contributed by atoms with Crippen molar-refractivity contribution in [1.29, 1.82) is 0 Å². The summed E-state index contributed by atoms with van der Waals surface area (Å²) in [7, 11) is 1.55. The smallest absolute Gasteiger partial charge is 0.256 e. The summed E-state index contributed by atoms with van der Waals surface area (Å²) in [6, 6.07) is 8.84. The van der Waals surface area contributed by atoms with Gasteiger partial charge in [0.15, 0.2) is 11.5 Å². The van der Waals surface area contributed by atoms with Crippen LogP contribution in [0.1, 0.15) is 29.3 Å². The summed E-state index contributed by atoms with van der Waals surface area (Å²) in [6.45, 7) is 4.53. The van der Waals surface area contributed by atoms with Gasteiger partial charge >= 0.3 is 0 Å². The van der Waals surface area contributed by atoms with Crippen LogP contribution in [-0.4, -0.2) is 24.6 Å². The second-order valence-corrected chi connectivity index (χ2v) is 4.84. The molecule has 2 aromatic rings. The topological polar surface area (TPSA) is 60.5 Å². The number of carbonyl (C=O) groups excluding carboxylic acids is 1. The number of nitrogens with zero attached hydrogens (tertiary/aromatic N) is 1. The Morgan fingerprint density at radius 1 is 1.27 bits per heavy atom. The molecule has 5 nitrogen and oxygen atoms in total. The van der Waals surface area contributed by atoms with Gasteiger partial charge in [0.05, 0.1) is 13.7 Å². The minimum atomic E-state index is -0.234. The van der Waals surface area contributed by atoms with Crippen molar-refractivity contribution in [2.45, 2.75) is 20.3 Å². The van der Waals surface area contributed by atoms with Gasteiger partial charge in [-0.05, 0) is 43.2 Å². The van der Waals surface area contributed by atoms with Crippen LogP contribution < -0.4 is 14.8 Å². The molecule has 0 spiro atoms. The molecule has 22 heavy (non-hydrogen) atoms. The molecule has 0 bridgehead atoms. The van der Waals surface area contributed by atoms with E-state index in [0.29, 0.717) is 29.5 Å². The highest BCUT2D eigenvalue weighted by Crippen LogP contribution is 2.28. The summed E-state index contributed by atoms with van der Waals surface area (Å²) in [6.07, 6.45) is 2.55. The van der Waals surface area contributed by atoms with E-state index in [2.05, 4.69) is 10.3 Å². The second kappa shape index (κ2) is 7.45. The zero-order valence-electron chi connectivity index (χ0n) is 13.1. The van der Waals surface area contributed by atoms with Crippen LogP contribution in [0.2, 0.25) is 0 Å². The summed E-state index contributed by atoms with van der Waals surface area (Å²) in [5.74, 6) is 1.49. The minimum absolute atomic E-state index is 0.234. The predicted molar refractivity (Wildman–Crippen MR) is 85.7 cm³/mol. The van der Waals surface area contributed by atoms with Crippen LogP contribution in [0.5, 0.6) is 11.5 Å². The summed E-state index contributed by atoms with van der Waals surface area (Å²) >= 11 is 0. The van der Waals surface area contributed by atoms with Crippen molar-refractivity contribution < 1.29 is 14.3 Å². The molecule has 0 radical (unpaired) electrons. The molecule has 0 aliphatic heterocycles. The van der Waals surface area contributed by atoms with E-state index in [9.17, 15) is 4.79 Å². The lowest BCUT2D eigenvalue weighted by molar-refractivity contribution is 0.102. The number of carbonyl (C=O) groups is 1. The monoisotopic (exact) mass is 300 g/mol. The van der Waals surface area contributed by atoms with Gasteiger partial charge in [-0.2, -0.15) is 0 Å². The van der Waals surface area contributed by atoms with Crippen LogP contribution in [0, 0.1) is 6.92 Å². The number of aryl methyl sites for hydroxylation is 1. The maximum Gasteiger partial charge on any atom is 0.256 e. The Morgan fingerprint density at radius 2 is 2.09 bits per heavy atom. The highest BCUT2D eigenvalue weighted by atomic mass is 16.5. The Labute approximate surface area is 130 Å². The van der Waals surface area contributed by atoms with E-state index in [0.717, 1.165) is 12.0 Å². The highest BCUT2D eigenvalue weighted by Gasteiger charge is 2.12. The van der Waals surface area contributed by atoms with E-state index >= 15 is 0 Å². The van der Waals surface area contributed by atoms with Gasteiger partial charge in [-0.25, -0.2) is 4.98 Å². The number of pyridine rings is 1. The van der Waals surface area contributed by atoms with Gasteiger partial charge in [0.1, 0.15) is 5.82 Å². The van der Waals surface area contributed by atoms with E-state index in [1.165, 1.54) is 0 Å². The van der Waals surface area contributed by atoms with Gasteiger partial charge in [0.25, 0.3) is 5.91 Å². The SMILES string of the molecule is CCCOc1ccc(C(=O)Nc2ncccc2C)cc1OC. The van der Waals surface area contributed by atoms with Gasteiger partial charge in [0.2, 0.25) is 0 Å². The molecule has 0 unspecified atom stereocenters. The molecule has 1 aromatic carbocycles. The Kier molecular flexibility index (Phi) is 5.36. The molecule has 0 atom stereocenters. The molecule has 1 amide bonds. The van der Waals surface area contributed by atoms with Crippen LogP contribution in [0.15, 0.2) is 36.5 Å². The van der Waals surface area contributed by atoms with Gasteiger partial charge in [-0.1, -0.05) is 13.0 Å². The van der Waals surface area contributed by atoms with Crippen LogP contribution >= 0.6 is 0 Å². The van der Waals surface area contributed by atoms with E-state index in [1.807, 2.05) is 26.0 Å². The van der Waals surface area contributed by atoms with Gasteiger partial charge in [0, 0.05) is 11.8 Å². The van der Waals surface area contributed by atoms with Crippen LogP contribution in [0.4, 0.5) is 5.82 Å². The fourth-order valence-corrected chi connectivity index (χ4v) is 1.94. The van der Waals surface area contributed by atoms with E-state index in [4.69, 9.17) is 9.47 Å². The van der Waals surface area contributed by atoms with Crippen LogP contribution in [0.3, 0.4) is 0 Å². The summed E-state index contributed by atoms with van der Waals surface area (Å²) in [4.78, 5) is 16.5. The molecule has 116 valence electrons. The van der Waals surface area contributed by atoms with Gasteiger partial charge in [-0.15, -0.1) is 0 Å². The first kappa shape index (κ1) is 15.8. The molecular weight excluding hydrogens is 280 g/mol. The van der Waals surface area contributed by atoms with Crippen molar-refractivity contribution in [1.82, 2.24) is 4.98 Å². The maximum atomic E-state index is 12.3. The van der Waals surface area contributed by atoms with Gasteiger partial charge < -0.3 is 14.8 Å². The summed E-state index contributed by atoms with van der Waals surface area (Å²) in [5, 5.41) is 2.79. The quantitative estimate of drug-likeness (QED) is 0.887. The molecule has 2 rings (SSSR count). The number of benzene rings is 1. The van der Waals surface area contributed by atoms with E-state index in [-0.39, 0.29) is 5.91 Å². The summed E-state index contributed by atoms with van der Waals surface area (Å²) in [5.41, 5.74) is 1.40. The number of rotatable bonds is 6. The molecule has 0 fully saturated rings. The third kappa shape index (κ3) is 3.75. The van der Waals surface area contributed by atoms with Crippen LogP contribution in [-0.2, 0) is 0 Å². The van der Waals surface area contributed by atoms with Crippen LogP contribution in [0.25, 0.3) is 0 Å². The molecule has 1 heterocycles. The van der Waals surface area contributed by atoms with E-state index in [1.54, 1.807) is 31.5 Å². The molecule has 5 heteroatoms. The highest BCUT2D eigenvalue weighted by molar-refractivity contribution is 6.04. The third-order valence-corrected chi connectivity index (χ3v) is 3.13. The predicted octanol–water partition coefficient (Wildman–Crippen LogP) is 3.44. The maximum absolute atomic E-state index is 12.3. The third-order valence-electron chi connectivity index (χ3n) is 3.13.